The van der Waals surface area contributed by atoms with E-state index in [1.807, 2.05) is 24.3 Å². The van der Waals surface area contributed by atoms with Gasteiger partial charge in [0.05, 0.1) is 12.0 Å². The van der Waals surface area contributed by atoms with Crippen molar-refractivity contribution in [2.45, 2.75) is 32.0 Å². The van der Waals surface area contributed by atoms with E-state index >= 15 is 0 Å². The maximum absolute atomic E-state index is 13.8. The molecule has 2 aromatic rings. The van der Waals surface area contributed by atoms with Crippen LogP contribution in [0.15, 0.2) is 42.5 Å². The van der Waals surface area contributed by atoms with Crippen molar-refractivity contribution in [3.05, 3.63) is 62.7 Å². The van der Waals surface area contributed by atoms with Crippen LogP contribution in [0.25, 0.3) is 0 Å². The van der Waals surface area contributed by atoms with Crippen LogP contribution >= 0.6 is 22.6 Å². The van der Waals surface area contributed by atoms with Gasteiger partial charge in [-0.3, -0.25) is 9.69 Å². The second-order valence-electron chi connectivity index (χ2n) is 8.74. The van der Waals surface area contributed by atoms with Gasteiger partial charge in [0.1, 0.15) is 0 Å². The highest BCUT2D eigenvalue weighted by atomic mass is 127. The number of benzene rings is 2. The molecular formula is C24H27F3IN3O. The van der Waals surface area contributed by atoms with Crippen molar-refractivity contribution in [1.29, 1.82) is 0 Å². The highest BCUT2D eigenvalue weighted by Gasteiger charge is 2.34. The molecule has 32 heavy (non-hydrogen) atoms. The van der Waals surface area contributed by atoms with Gasteiger partial charge in [-0.2, -0.15) is 13.2 Å². The number of alkyl halides is 3. The van der Waals surface area contributed by atoms with Gasteiger partial charge in [0.2, 0.25) is 5.91 Å². The number of nitrogens with zero attached hydrogens (tertiary/aromatic N) is 2. The van der Waals surface area contributed by atoms with E-state index in [1.54, 1.807) is 6.07 Å². The fourth-order valence-corrected chi connectivity index (χ4v) is 4.74. The van der Waals surface area contributed by atoms with Crippen molar-refractivity contribution in [1.82, 2.24) is 9.80 Å². The third-order valence-corrected chi connectivity index (χ3v) is 6.70. The Bertz CT molecular complexity index is 954. The van der Waals surface area contributed by atoms with Crippen LogP contribution in [0.4, 0.5) is 18.9 Å². The molecule has 2 aliphatic rings. The molecule has 0 bridgehead atoms. The second kappa shape index (κ2) is 10.1. The first-order valence-corrected chi connectivity index (χ1v) is 12.0. The van der Waals surface area contributed by atoms with Crippen molar-refractivity contribution in [2.24, 2.45) is 5.92 Å². The lowest BCUT2D eigenvalue weighted by atomic mass is 10.0. The molecule has 2 fully saturated rings. The summed E-state index contributed by atoms with van der Waals surface area (Å²) in [4.78, 5) is 16.9. The van der Waals surface area contributed by atoms with Crippen LogP contribution in [0.2, 0.25) is 0 Å². The van der Waals surface area contributed by atoms with E-state index in [9.17, 15) is 18.0 Å². The molecule has 1 aliphatic carbocycles. The minimum atomic E-state index is -4.47. The summed E-state index contributed by atoms with van der Waals surface area (Å²) in [6, 6.07) is 11.6. The molecule has 0 radical (unpaired) electrons. The van der Waals surface area contributed by atoms with Gasteiger partial charge in [-0.1, -0.05) is 18.2 Å². The van der Waals surface area contributed by atoms with Crippen molar-refractivity contribution < 1.29 is 18.0 Å². The van der Waals surface area contributed by atoms with Crippen LogP contribution in [0.3, 0.4) is 0 Å². The zero-order chi connectivity index (χ0) is 22.7. The van der Waals surface area contributed by atoms with E-state index in [0.29, 0.717) is 0 Å². The van der Waals surface area contributed by atoms with E-state index in [1.165, 1.54) is 18.9 Å². The maximum Gasteiger partial charge on any atom is 0.416 e. The van der Waals surface area contributed by atoms with Gasteiger partial charge >= 0.3 is 6.18 Å². The number of carbonyl (C=O) groups excluding carboxylic acids is 1. The zero-order valence-electron chi connectivity index (χ0n) is 17.8. The number of piperazine rings is 1. The molecule has 1 saturated carbocycles. The van der Waals surface area contributed by atoms with Gasteiger partial charge in [0.15, 0.2) is 0 Å². The summed E-state index contributed by atoms with van der Waals surface area (Å²) >= 11 is 2.16. The largest absolute Gasteiger partial charge is 0.416 e. The molecule has 1 aliphatic heterocycles. The minimum Gasteiger partial charge on any atom is -0.326 e. The summed E-state index contributed by atoms with van der Waals surface area (Å²) in [5, 5.41) is 2.62. The summed E-state index contributed by atoms with van der Waals surface area (Å²) in [6.45, 7) is 4.76. The Morgan fingerprint density at radius 2 is 1.75 bits per heavy atom. The van der Waals surface area contributed by atoms with E-state index in [4.69, 9.17) is 0 Å². The van der Waals surface area contributed by atoms with Crippen LogP contribution in [0.5, 0.6) is 0 Å². The van der Waals surface area contributed by atoms with Crippen LogP contribution in [-0.2, 0) is 23.9 Å². The van der Waals surface area contributed by atoms with Crippen molar-refractivity contribution in [2.75, 3.05) is 38.0 Å². The molecular weight excluding hydrogens is 530 g/mol. The first-order chi connectivity index (χ1) is 15.3. The van der Waals surface area contributed by atoms with Gasteiger partial charge in [-0.05, 0) is 76.7 Å². The number of anilines is 1. The van der Waals surface area contributed by atoms with Gasteiger partial charge in [-0.15, -0.1) is 0 Å². The van der Waals surface area contributed by atoms with Crippen molar-refractivity contribution in [3.8, 4) is 0 Å². The van der Waals surface area contributed by atoms with Gasteiger partial charge in [-0.25, -0.2) is 0 Å². The number of rotatable bonds is 7. The standard InChI is InChI=1S/C24H27F3IN3O/c25-24(26,27)22-14-21(29-23(32)13-18-2-1-3-20(28)12-18)7-6-19(22)16-31-10-8-30(9-11-31)15-17-4-5-17/h1-3,6-7,12,14,17H,4-5,8-11,13,15-16H2,(H,29,32). The topological polar surface area (TPSA) is 35.6 Å². The molecule has 0 spiro atoms. The normalized spacial score (nSPS) is 18.0. The Balaban J connectivity index is 1.39. The maximum atomic E-state index is 13.8. The predicted molar refractivity (Wildman–Crippen MR) is 127 cm³/mol. The van der Waals surface area contributed by atoms with E-state index in [0.717, 1.165) is 53.8 Å². The van der Waals surface area contributed by atoms with Crippen LogP contribution in [0.1, 0.15) is 29.5 Å². The van der Waals surface area contributed by atoms with Crippen LogP contribution in [0, 0.1) is 9.49 Å². The quantitative estimate of drug-likeness (QED) is 0.486. The molecule has 1 amide bonds. The van der Waals surface area contributed by atoms with Crippen LogP contribution in [-0.4, -0.2) is 48.4 Å². The molecule has 2 aromatic carbocycles. The molecule has 1 heterocycles. The molecule has 172 valence electrons. The van der Waals surface area contributed by atoms with Crippen molar-refractivity contribution >= 4 is 34.2 Å². The molecule has 0 atom stereocenters. The summed E-state index contributed by atoms with van der Waals surface area (Å²) < 4.78 is 42.4. The number of carbonyl (C=O) groups is 1. The molecule has 4 nitrogen and oxygen atoms in total. The fourth-order valence-electron chi connectivity index (χ4n) is 4.13. The lowest BCUT2D eigenvalue weighted by Crippen LogP contribution is -2.46. The van der Waals surface area contributed by atoms with E-state index < -0.39 is 11.7 Å². The summed E-state index contributed by atoms with van der Waals surface area (Å²) in [5.41, 5.74) is 0.572. The predicted octanol–water partition coefficient (Wildman–Crippen LogP) is 5.02. The second-order valence-corrected chi connectivity index (χ2v) is 9.99. The molecule has 1 N–H and O–H groups in total. The smallest absolute Gasteiger partial charge is 0.326 e. The Labute approximate surface area is 200 Å². The molecule has 8 heteroatoms. The van der Waals surface area contributed by atoms with E-state index in [2.05, 4.69) is 37.7 Å². The fraction of sp³-hybridized carbons (Fsp3) is 0.458. The third-order valence-electron chi connectivity index (χ3n) is 6.02. The van der Waals surface area contributed by atoms with Gasteiger partial charge < -0.3 is 10.2 Å². The van der Waals surface area contributed by atoms with E-state index in [-0.39, 0.29) is 30.1 Å². The van der Waals surface area contributed by atoms with Crippen molar-refractivity contribution in [3.63, 3.8) is 0 Å². The summed E-state index contributed by atoms with van der Waals surface area (Å²) in [5.74, 6) is 0.492. The SMILES string of the molecule is O=C(Cc1cccc(I)c1)Nc1ccc(CN2CCN(CC3CC3)CC2)c(C(F)(F)F)c1. The lowest BCUT2D eigenvalue weighted by molar-refractivity contribution is -0.138. The van der Waals surface area contributed by atoms with Crippen LogP contribution < -0.4 is 5.32 Å². The molecule has 1 saturated heterocycles. The molecule has 0 aromatic heterocycles. The Morgan fingerprint density at radius 3 is 2.41 bits per heavy atom. The van der Waals surface area contributed by atoms with Gasteiger partial charge in [0, 0.05) is 48.5 Å². The molecule has 4 rings (SSSR count). The average molecular weight is 557 g/mol. The Kier molecular flexibility index (Phi) is 7.41. The number of amides is 1. The van der Waals surface area contributed by atoms with Gasteiger partial charge in [0.25, 0.3) is 0 Å². The monoisotopic (exact) mass is 557 g/mol. The highest BCUT2D eigenvalue weighted by molar-refractivity contribution is 14.1. The number of halogens is 4. The first-order valence-electron chi connectivity index (χ1n) is 11.0. The number of hydrogen-bond acceptors (Lipinski definition) is 3. The summed E-state index contributed by atoms with van der Waals surface area (Å²) in [7, 11) is 0. The Hall–Kier alpha value is -1.65. The third kappa shape index (κ3) is 6.68. The number of nitrogens with one attached hydrogen (secondary N) is 1. The summed E-state index contributed by atoms with van der Waals surface area (Å²) in [6.07, 6.45) is -1.74. The highest BCUT2D eigenvalue weighted by Crippen LogP contribution is 2.35. The Morgan fingerprint density at radius 1 is 1.03 bits per heavy atom. The first kappa shape index (κ1) is 23.5. The lowest BCUT2D eigenvalue weighted by Gasteiger charge is -2.35. The number of hydrogen-bond donors (Lipinski definition) is 1. The minimum absolute atomic E-state index is 0.116. The zero-order valence-corrected chi connectivity index (χ0v) is 20.0. The average Bonchev–Trinajstić information content (AvgIpc) is 3.54. The molecule has 0 unspecified atom stereocenters.